The zero-order chi connectivity index (χ0) is 29.1. The van der Waals surface area contributed by atoms with Crippen molar-refractivity contribution >= 4 is 67.9 Å². The maximum atomic E-state index is 12.3. The standard InChI is InChI=1S/C34H32N6O2/c1-3-39-29-11-7-5-9-25(29)27-19-23(13-15-31(27)39)21-35-37-33(41)17-18-34(42)38-36-22-24-14-16-32-28(20-24)26-10-6-8-12-30(26)40(32)4-2/h5-16,19-22H,3-4,17-18H2,1-2H3,(H,37,41)(H,38,42). The largest absolute Gasteiger partial charge is 0.341 e. The fraction of sp³-hybridized carbons (Fsp3) is 0.176. The van der Waals surface area contributed by atoms with E-state index in [2.05, 4.69) is 92.6 Å². The number of hydrazone groups is 2. The second-order valence-corrected chi connectivity index (χ2v) is 10.2. The number of benzene rings is 4. The molecular weight excluding hydrogens is 524 g/mol. The van der Waals surface area contributed by atoms with Crippen LogP contribution in [-0.2, 0) is 22.7 Å². The summed E-state index contributed by atoms with van der Waals surface area (Å²) in [5.74, 6) is -0.682. The van der Waals surface area contributed by atoms with Crippen molar-refractivity contribution in [3.8, 4) is 0 Å². The highest BCUT2D eigenvalue weighted by atomic mass is 16.2. The van der Waals surface area contributed by atoms with Gasteiger partial charge in [-0.2, -0.15) is 10.2 Å². The molecule has 6 rings (SSSR count). The summed E-state index contributed by atoms with van der Waals surface area (Å²) in [4.78, 5) is 24.5. The first-order valence-corrected chi connectivity index (χ1v) is 14.2. The summed E-state index contributed by atoms with van der Waals surface area (Å²) in [5, 5.41) is 12.9. The van der Waals surface area contributed by atoms with Crippen LogP contribution < -0.4 is 10.9 Å². The number of hydrogen-bond acceptors (Lipinski definition) is 4. The third kappa shape index (κ3) is 5.14. The van der Waals surface area contributed by atoms with Crippen molar-refractivity contribution in [2.75, 3.05) is 0 Å². The van der Waals surface area contributed by atoms with E-state index in [0.717, 1.165) is 35.0 Å². The van der Waals surface area contributed by atoms with Gasteiger partial charge in [0.05, 0.1) is 12.4 Å². The normalized spacial score (nSPS) is 12.0. The molecule has 6 aromatic rings. The number of rotatable bonds is 9. The van der Waals surface area contributed by atoms with Gasteiger partial charge in [0.1, 0.15) is 0 Å². The van der Waals surface area contributed by atoms with Crippen molar-refractivity contribution in [3.05, 3.63) is 96.1 Å². The molecule has 0 saturated heterocycles. The van der Waals surface area contributed by atoms with Crippen molar-refractivity contribution in [2.45, 2.75) is 39.8 Å². The second kappa shape index (κ2) is 11.7. The molecule has 42 heavy (non-hydrogen) atoms. The summed E-state index contributed by atoms with van der Waals surface area (Å²) in [5.41, 5.74) is 11.5. The van der Waals surface area contributed by atoms with Gasteiger partial charge in [0, 0.05) is 69.5 Å². The smallest absolute Gasteiger partial charge is 0.240 e. The Labute approximate surface area is 243 Å². The van der Waals surface area contributed by atoms with E-state index >= 15 is 0 Å². The molecule has 2 amide bonds. The molecule has 210 valence electrons. The van der Waals surface area contributed by atoms with Gasteiger partial charge in [-0.15, -0.1) is 0 Å². The summed E-state index contributed by atoms with van der Waals surface area (Å²) in [6, 6.07) is 28.9. The van der Waals surface area contributed by atoms with E-state index in [-0.39, 0.29) is 24.7 Å². The van der Waals surface area contributed by atoms with Crippen LogP contribution in [0.2, 0.25) is 0 Å². The number of amides is 2. The number of carbonyl (C=O) groups is 2. The van der Waals surface area contributed by atoms with Crippen LogP contribution >= 0.6 is 0 Å². The molecule has 4 aromatic carbocycles. The first-order valence-electron chi connectivity index (χ1n) is 14.2. The minimum Gasteiger partial charge on any atom is -0.341 e. The van der Waals surface area contributed by atoms with Gasteiger partial charge < -0.3 is 9.13 Å². The van der Waals surface area contributed by atoms with E-state index < -0.39 is 0 Å². The molecule has 0 atom stereocenters. The molecule has 0 saturated carbocycles. The van der Waals surface area contributed by atoms with E-state index in [4.69, 9.17) is 0 Å². The van der Waals surface area contributed by atoms with Crippen LogP contribution in [0.3, 0.4) is 0 Å². The summed E-state index contributed by atoms with van der Waals surface area (Å²) < 4.78 is 4.57. The van der Waals surface area contributed by atoms with Crippen LogP contribution in [0.1, 0.15) is 37.8 Å². The number of aromatic nitrogens is 2. The van der Waals surface area contributed by atoms with E-state index in [1.807, 2.05) is 36.4 Å². The van der Waals surface area contributed by atoms with Crippen LogP contribution in [0.15, 0.2) is 95.1 Å². The summed E-state index contributed by atoms with van der Waals surface area (Å²) in [6.45, 7) is 6.04. The van der Waals surface area contributed by atoms with E-state index in [1.54, 1.807) is 12.4 Å². The van der Waals surface area contributed by atoms with Gasteiger partial charge in [-0.05, 0) is 61.4 Å². The Morgan fingerprint density at radius 3 is 1.43 bits per heavy atom. The fourth-order valence-electron chi connectivity index (χ4n) is 5.68. The Morgan fingerprint density at radius 2 is 1.00 bits per heavy atom. The number of carbonyl (C=O) groups excluding carboxylic acids is 2. The van der Waals surface area contributed by atoms with Gasteiger partial charge in [0.25, 0.3) is 0 Å². The highest BCUT2D eigenvalue weighted by Gasteiger charge is 2.11. The predicted molar refractivity (Wildman–Crippen MR) is 171 cm³/mol. The number of fused-ring (bicyclic) bond motifs is 6. The Bertz CT molecular complexity index is 1870. The van der Waals surface area contributed by atoms with Crippen LogP contribution in [0.25, 0.3) is 43.6 Å². The van der Waals surface area contributed by atoms with Crippen molar-refractivity contribution in [1.29, 1.82) is 0 Å². The predicted octanol–water partition coefficient (Wildman–Crippen LogP) is 6.32. The molecule has 0 fully saturated rings. The molecule has 2 N–H and O–H groups in total. The quantitative estimate of drug-likeness (QED) is 0.161. The van der Waals surface area contributed by atoms with Crippen LogP contribution in [0.5, 0.6) is 0 Å². The molecular formula is C34H32N6O2. The molecule has 0 aliphatic heterocycles. The molecule has 2 heterocycles. The molecule has 8 heteroatoms. The number of para-hydroxylation sites is 2. The first kappa shape index (κ1) is 27.0. The Morgan fingerprint density at radius 1 is 0.595 bits per heavy atom. The van der Waals surface area contributed by atoms with Crippen LogP contribution in [0.4, 0.5) is 0 Å². The van der Waals surface area contributed by atoms with Crippen molar-refractivity contribution < 1.29 is 9.59 Å². The van der Waals surface area contributed by atoms with Crippen molar-refractivity contribution in [1.82, 2.24) is 20.0 Å². The van der Waals surface area contributed by atoms with E-state index in [0.29, 0.717) is 0 Å². The van der Waals surface area contributed by atoms with E-state index in [1.165, 1.54) is 32.8 Å². The zero-order valence-corrected chi connectivity index (χ0v) is 23.7. The molecule has 8 nitrogen and oxygen atoms in total. The van der Waals surface area contributed by atoms with Gasteiger partial charge in [-0.3, -0.25) is 9.59 Å². The Kier molecular flexibility index (Phi) is 7.51. The lowest BCUT2D eigenvalue weighted by Gasteiger charge is -2.03. The highest BCUT2D eigenvalue weighted by Crippen LogP contribution is 2.30. The van der Waals surface area contributed by atoms with Crippen molar-refractivity contribution in [2.24, 2.45) is 10.2 Å². The third-order valence-corrected chi connectivity index (χ3v) is 7.61. The topological polar surface area (TPSA) is 92.8 Å². The second-order valence-electron chi connectivity index (χ2n) is 10.2. The third-order valence-electron chi connectivity index (χ3n) is 7.61. The van der Waals surface area contributed by atoms with Gasteiger partial charge in [0.2, 0.25) is 11.8 Å². The molecule has 0 radical (unpaired) electrons. The maximum absolute atomic E-state index is 12.3. The molecule has 0 bridgehead atoms. The molecule has 0 aliphatic rings. The highest BCUT2D eigenvalue weighted by molar-refractivity contribution is 6.10. The Hall–Kier alpha value is -5.24. The average Bonchev–Trinajstić information content (AvgIpc) is 3.51. The average molecular weight is 557 g/mol. The minimum absolute atomic E-state index is 0.00416. The number of aryl methyl sites for hydroxylation is 2. The lowest BCUT2D eigenvalue weighted by atomic mass is 10.1. The fourth-order valence-corrected chi connectivity index (χ4v) is 5.68. The van der Waals surface area contributed by atoms with Crippen LogP contribution in [-0.4, -0.2) is 33.4 Å². The lowest BCUT2D eigenvalue weighted by molar-refractivity contribution is -0.126. The summed E-state index contributed by atoms with van der Waals surface area (Å²) in [6.07, 6.45) is 3.25. The molecule has 2 aromatic heterocycles. The van der Waals surface area contributed by atoms with Gasteiger partial charge in [0.15, 0.2) is 0 Å². The number of nitrogens with zero attached hydrogens (tertiary/aromatic N) is 4. The van der Waals surface area contributed by atoms with Gasteiger partial charge in [-0.1, -0.05) is 48.5 Å². The van der Waals surface area contributed by atoms with Crippen LogP contribution in [0, 0.1) is 0 Å². The monoisotopic (exact) mass is 556 g/mol. The SMILES string of the molecule is CCn1c2ccccc2c2cc(C=NNC(=O)CCC(=O)NN=Cc3ccc4c(c3)c3ccccc3n4CC)ccc21. The first-order chi connectivity index (χ1) is 20.6. The van der Waals surface area contributed by atoms with Gasteiger partial charge >= 0.3 is 0 Å². The zero-order valence-electron chi connectivity index (χ0n) is 23.7. The van der Waals surface area contributed by atoms with Gasteiger partial charge in [-0.25, -0.2) is 10.9 Å². The molecule has 0 unspecified atom stereocenters. The summed E-state index contributed by atoms with van der Waals surface area (Å²) in [7, 11) is 0. The van der Waals surface area contributed by atoms with Crippen molar-refractivity contribution in [3.63, 3.8) is 0 Å². The molecule has 0 aliphatic carbocycles. The molecule has 0 spiro atoms. The maximum Gasteiger partial charge on any atom is 0.240 e. The van der Waals surface area contributed by atoms with E-state index in [9.17, 15) is 9.59 Å². The lowest BCUT2D eigenvalue weighted by Crippen LogP contribution is -2.22. The Balaban J connectivity index is 1.02. The number of hydrogen-bond donors (Lipinski definition) is 2. The number of nitrogens with one attached hydrogen (secondary N) is 2. The minimum atomic E-state index is -0.341. The summed E-state index contributed by atoms with van der Waals surface area (Å²) >= 11 is 0.